The van der Waals surface area contributed by atoms with Crippen LogP contribution in [0.4, 0.5) is 0 Å². The predicted molar refractivity (Wildman–Crippen MR) is 65.9 cm³/mol. The summed E-state index contributed by atoms with van der Waals surface area (Å²) in [5.74, 6) is 1.06. The molecule has 2 atom stereocenters. The monoisotopic (exact) mass is 253 g/mol. The van der Waals surface area contributed by atoms with E-state index in [0.29, 0.717) is 31.0 Å². The molecule has 2 rings (SSSR count). The summed E-state index contributed by atoms with van der Waals surface area (Å²) in [5, 5.41) is 3.33. The number of ether oxygens (including phenoxy) is 3. The van der Waals surface area contributed by atoms with Gasteiger partial charge in [-0.2, -0.15) is 0 Å². The number of hydrogen-bond donors (Lipinski definition) is 1. The zero-order chi connectivity index (χ0) is 12.8. The Labute approximate surface area is 107 Å². The number of nitrogens with one attached hydrogen (secondary N) is 1. The first-order valence-electron chi connectivity index (χ1n) is 6.11. The van der Waals surface area contributed by atoms with Gasteiger partial charge in [-0.25, -0.2) is 9.97 Å². The highest BCUT2D eigenvalue weighted by atomic mass is 16.5. The lowest BCUT2D eigenvalue weighted by atomic mass is 10.2. The number of aromatic nitrogens is 2. The molecule has 0 aliphatic carbocycles. The first-order chi connectivity index (χ1) is 8.78. The molecule has 0 saturated carbocycles. The van der Waals surface area contributed by atoms with Gasteiger partial charge in [-0.15, -0.1) is 0 Å². The lowest BCUT2D eigenvalue weighted by Gasteiger charge is -2.12. The second-order valence-electron chi connectivity index (χ2n) is 4.32. The van der Waals surface area contributed by atoms with Gasteiger partial charge in [-0.05, 0) is 6.92 Å². The molecule has 0 amide bonds. The molecule has 1 aromatic heterocycles. The SMILES string of the molecule is COCCOc1cc(O[C@H]2CN[C@@H](C)C2)ncn1. The smallest absolute Gasteiger partial charge is 0.220 e. The largest absolute Gasteiger partial charge is 0.475 e. The number of hydrogen-bond acceptors (Lipinski definition) is 6. The van der Waals surface area contributed by atoms with E-state index in [4.69, 9.17) is 14.2 Å². The number of methoxy groups -OCH3 is 1. The van der Waals surface area contributed by atoms with Crippen molar-refractivity contribution in [1.82, 2.24) is 15.3 Å². The van der Waals surface area contributed by atoms with Gasteiger partial charge in [0.1, 0.15) is 19.0 Å². The molecule has 2 heterocycles. The standard InChI is InChI=1S/C12H19N3O3/c1-9-5-10(7-13-9)18-12-6-11(14-8-15-12)17-4-3-16-2/h6,8-10,13H,3-5,7H2,1-2H3/t9-,10+/m0/s1. The molecule has 1 saturated heterocycles. The highest BCUT2D eigenvalue weighted by Gasteiger charge is 2.22. The van der Waals surface area contributed by atoms with Gasteiger partial charge >= 0.3 is 0 Å². The molecule has 0 radical (unpaired) electrons. The van der Waals surface area contributed by atoms with Gasteiger partial charge in [0.2, 0.25) is 11.8 Å². The van der Waals surface area contributed by atoms with Crippen molar-refractivity contribution in [2.75, 3.05) is 26.9 Å². The minimum absolute atomic E-state index is 0.168. The Kier molecular flexibility index (Phi) is 4.72. The fourth-order valence-electron chi connectivity index (χ4n) is 1.85. The maximum Gasteiger partial charge on any atom is 0.220 e. The second kappa shape index (κ2) is 6.51. The van der Waals surface area contributed by atoms with E-state index in [0.717, 1.165) is 13.0 Å². The molecule has 0 unspecified atom stereocenters. The average molecular weight is 253 g/mol. The Balaban J connectivity index is 1.86. The van der Waals surface area contributed by atoms with E-state index in [1.165, 1.54) is 6.33 Å². The van der Waals surface area contributed by atoms with Gasteiger partial charge in [0.05, 0.1) is 12.7 Å². The maximum absolute atomic E-state index is 5.77. The Hall–Kier alpha value is -1.40. The van der Waals surface area contributed by atoms with E-state index in [9.17, 15) is 0 Å². The van der Waals surface area contributed by atoms with E-state index in [-0.39, 0.29) is 6.10 Å². The molecule has 1 N–H and O–H groups in total. The fourth-order valence-corrected chi connectivity index (χ4v) is 1.85. The van der Waals surface area contributed by atoms with Crippen LogP contribution >= 0.6 is 0 Å². The van der Waals surface area contributed by atoms with Gasteiger partial charge in [0, 0.05) is 26.1 Å². The highest BCUT2D eigenvalue weighted by molar-refractivity contribution is 5.18. The highest BCUT2D eigenvalue weighted by Crippen LogP contribution is 2.17. The van der Waals surface area contributed by atoms with Crippen LogP contribution < -0.4 is 14.8 Å². The van der Waals surface area contributed by atoms with Crippen LogP contribution in [-0.2, 0) is 4.74 Å². The van der Waals surface area contributed by atoms with Crippen molar-refractivity contribution in [3.63, 3.8) is 0 Å². The lowest BCUT2D eigenvalue weighted by Crippen LogP contribution is -2.21. The van der Waals surface area contributed by atoms with Gasteiger partial charge in [-0.1, -0.05) is 0 Å². The third kappa shape index (κ3) is 3.82. The summed E-state index contributed by atoms with van der Waals surface area (Å²) in [4.78, 5) is 8.10. The topological polar surface area (TPSA) is 65.5 Å². The van der Waals surface area contributed by atoms with E-state index >= 15 is 0 Å². The van der Waals surface area contributed by atoms with Crippen molar-refractivity contribution in [2.24, 2.45) is 0 Å². The van der Waals surface area contributed by atoms with Crippen LogP contribution in [0.1, 0.15) is 13.3 Å². The summed E-state index contributed by atoms with van der Waals surface area (Å²) in [6.45, 7) is 3.99. The predicted octanol–water partition coefficient (Wildman–Crippen LogP) is 0.631. The van der Waals surface area contributed by atoms with Crippen molar-refractivity contribution in [1.29, 1.82) is 0 Å². The van der Waals surface area contributed by atoms with E-state index in [1.807, 2.05) is 0 Å². The molecule has 0 spiro atoms. The second-order valence-corrected chi connectivity index (χ2v) is 4.32. The fraction of sp³-hybridized carbons (Fsp3) is 0.667. The summed E-state index contributed by atoms with van der Waals surface area (Å²) >= 11 is 0. The van der Waals surface area contributed by atoms with E-state index in [2.05, 4.69) is 22.2 Å². The van der Waals surface area contributed by atoms with Crippen LogP contribution in [0.25, 0.3) is 0 Å². The molecule has 100 valence electrons. The Bertz CT molecular complexity index is 375. The van der Waals surface area contributed by atoms with Gasteiger partial charge in [-0.3, -0.25) is 0 Å². The summed E-state index contributed by atoms with van der Waals surface area (Å²) < 4.78 is 16.1. The normalized spacial score (nSPS) is 23.0. The Morgan fingerprint density at radius 2 is 2.17 bits per heavy atom. The summed E-state index contributed by atoms with van der Waals surface area (Å²) in [6.07, 6.45) is 2.61. The molecule has 0 bridgehead atoms. The van der Waals surface area contributed by atoms with Gasteiger partial charge < -0.3 is 19.5 Å². The lowest BCUT2D eigenvalue weighted by molar-refractivity contribution is 0.142. The summed E-state index contributed by atoms with van der Waals surface area (Å²) in [5.41, 5.74) is 0. The van der Waals surface area contributed by atoms with Crippen LogP contribution in [-0.4, -0.2) is 49.0 Å². The van der Waals surface area contributed by atoms with Crippen LogP contribution in [0, 0.1) is 0 Å². The number of rotatable bonds is 6. The van der Waals surface area contributed by atoms with E-state index < -0.39 is 0 Å². The molecule has 18 heavy (non-hydrogen) atoms. The third-order valence-electron chi connectivity index (χ3n) is 2.75. The minimum atomic E-state index is 0.168. The molecule has 1 aromatic rings. The third-order valence-corrected chi connectivity index (χ3v) is 2.75. The molecular weight excluding hydrogens is 234 g/mol. The summed E-state index contributed by atoms with van der Waals surface area (Å²) in [6, 6.07) is 2.20. The van der Waals surface area contributed by atoms with Crippen molar-refractivity contribution >= 4 is 0 Å². The van der Waals surface area contributed by atoms with Crippen LogP contribution in [0.5, 0.6) is 11.8 Å². The van der Waals surface area contributed by atoms with Gasteiger partial charge in [0.15, 0.2) is 0 Å². The molecule has 1 aliphatic rings. The van der Waals surface area contributed by atoms with Crippen LogP contribution in [0.3, 0.4) is 0 Å². The molecule has 0 aromatic carbocycles. The van der Waals surface area contributed by atoms with Crippen molar-refractivity contribution in [2.45, 2.75) is 25.5 Å². The summed E-state index contributed by atoms with van der Waals surface area (Å²) in [7, 11) is 1.63. The molecule has 6 nitrogen and oxygen atoms in total. The molecule has 1 aliphatic heterocycles. The molecular formula is C12H19N3O3. The van der Waals surface area contributed by atoms with Crippen molar-refractivity contribution in [3.8, 4) is 11.8 Å². The van der Waals surface area contributed by atoms with Crippen molar-refractivity contribution in [3.05, 3.63) is 12.4 Å². The average Bonchev–Trinajstić information content (AvgIpc) is 2.76. The van der Waals surface area contributed by atoms with Gasteiger partial charge in [0.25, 0.3) is 0 Å². The van der Waals surface area contributed by atoms with Crippen LogP contribution in [0.2, 0.25) is 0 Å². The van der Waals surface area contributed by atoms with Crippen molar-refractivity contribution < 1.29 is 14.2 Å². The minimum Gasteiger partial charge on any atom is -0.475 e. The van der Waals surface area contributed by atoms with Crippen LogP contribution in [0.15, 0.2) is 12.4 Å². The first-order valence-corrected chi connectivity index (χ1v) is 6.11. The Morgan fingerprint density at radius 1 is 1.33 bits per heavy atom. The van der Waals surface area contributed by atoms with E-state index in [1.54, 1.807) is 13.2 Å². The molecule has 6 heteroatoms. The maximum atomic E-state index is 5.77. The zero-order valence-electron chi connectivity index (χ0n) is 10.8. The molecule has 1 fully saturated rings. The first kappa shape index (κ1) is 13.0. The number of nitrogens with zero attached hydrogens (tertiary/aromatic N) is 2. The Morgan fingerprint density at radius 3 is 2.89 bits per heavy atom. The zero-order valence-corrected chi connectivity index (χ0v) is 10.8. The quantitative estimate of drug-likeness (QED) is 0.750.